The third kappa shape index (κ3) is 7.61. The van der Waals surface area contributed by atoms with E-state index in [1.807, 2.05) is 109 Å². The fourth-order valence-electron chi connectivity index (χ4n) is 5.34. The van der Waals surface area contributed by atoms with Gasteiger partial charge in [0, 0.05) is 50.7 Å². The van der Waals surface area contributed by atoms with Crippen LogP contribution < -0.4 is 20.9 Å². The SMILES string of the molecule is Nc1cc(Oc2cc(C#Cc3ccccc3)cc3c(Oc4ccc(O)c(N)c4)c(C#Cc4ccccc4)c(C#Cc4ccccc4)cc23)ccc1O. The van der Waals surface area contributed by atoms with Crippen LogP contribution in [0.5, 0.6) is 34.5 Å². The zero-order valence-electron chi connectivity index (χ0n) is 27.7. The number of hydrogen-bond donors (Lipinski definition) is 4. The Kier molecular flexibility index (Phi) is 9.34. The van der Waals surface area contributed by atoms with Gasteiger partial charge in [0.15, 0.2) is 5.75 Å². The highest BCUT2D eigenvalue weighted by Gasteiger charge is 2.19. The van der Waals surface area contributed by atoms with Gasteiger partial charge in [-0.15, -0.1) is 0 Å². The predicted molar refractivity (Wildman–Crippen MR) is 206 cm³/mol. The standard InChI is InChI=1S/C46H30N2O4/c47-41-29-36(21-24-43(41)49)51-45-27-34(17-16-31-10-4-1-5-11-31)26-40-39(45)28-35(20-18-32-12-6-2-7-13-32)38(23-19-33-14-8-3-9-15-33)46(40)52-37-22-25-44(50)42(48)30-37/h1-15,21-22,24-30,49-50H,47-48H2. The topological polar surface area (TPSA) is 111 Å². The van der Waals surface area contributed by atoms with Gasteiger partial charge < -0.3 is 31.2 Å². The second kappa shape index (κ2) is 14.8. The minimum Gasteiger partial charge on any atom is -0.506 e. The molecule has 52 heavy (non-hydrogen) atoms. The van der Waals surface area contributed by atoms with Crippen LogP contribution >= 0.6 is 0 Å². The Morgan fingerprint density at radius 3 is 1.44 bits per heavy atom. The van der Waals surface area contributed by atoms with Crippen LogP contribution in [-0.2, 0) is 0 Å². The number of rotatable bonds is 4. The van der Waals surface area contributed by atoms with Crippen molar-refractivity contribution in [3.8, 4) is 70.0 Å². The molecule has 0 amide bonds. The van der Waals surface area contributed by atoms with Crippen LogP contribution in [0.25, 0.3) is 10.8 Å². The third-order valence-electron chi connectivity index (χ3n) is 7.96. The molecule has 0 spiro atoms. The summed E-state index contributed by atoms with van der Waals surface area (Å²) in [5.41, 5.74) is 16.7. The highest BCUT2D eigenvalue weighted by Crippen LogP contribution is 2.42. The van der Waals surface area contributed by atoms with Crippen LogP contribution in [0.4, 0.5) is 11.4 Å². The Balaban J connectivity index is 1.54. The number of anilines is 2. The summed E-state index contributed by atoms with van der Waals surface area (Å²) >= 11 is 0. The Labute approximate surface area is 301 Å². The maximum Gasteiger partial charge on any atom is 0.152 e. The van der Waals surface area contributed by atoms with Crippen molar-refractivity contribution in [2.45, 2.75) is 0 Å². The first-order valence-electron chi connectivity index (χ1n) is 16.3. The average Bonchev–Trinajstić information content (AvgIpc) is 3.17. The molecule has 0 aliphatic carbocycles. The van der Waals surface area contributed by atoms with Crippen LogP contribution in [0.1, 0.15) is 33.4 Å². The van der Waals surface area contributed by atoms with E-state index in [0.29, 0.717) is 50.5 Å². The molecular weight excluding hydrogens is 645 g/mol. The van der Waals surface area contributed by atoms with E-state index in [1.54, 1.807) is 24.3 Å². The average molecular weight is 675 g/mol. The number of phenolic OH excluding ortho intramolecular Hbond substituents is 2. The lowest BCUT2D eigenvalue weighted by Gasteiger charge is -2.17. The molecule has 0 atom stereocenters. The molecule has 0 bridgehead atoms. The summed E-state index contributed by atoms with van der Waals surface area (Å²) in [4.78, 5) is 0. The first-order valence-corrected chi connectivity index (χ1v) is 16.3. The smallest absolute Gasteiger partial charge is 0.152 e. The minimum absolute atomic E-state index is 0.0522. The molecule has 0 saturated carbocycles. The molecule has 0 saturated heterocycles. The van der Waals surface area contributed by atoms with Crippen molar-refractivity contribution < 1.29 is 19.7 Å². The summed E-state index contributed by atoms with van der Waals surface area (Å²) in [7, 11) is 0. The van der Waals surface area contributed by atoms with Crippen molar-refractivity contribution >= 4 is 22.1 Å². The van der Waals surface area contributed by atoms with Crippen molar-refractivity contribution in [1.82, 2.24) is 0 Å². The summed E-state index contributed by atoms with van der Waals surface area (Å²) in [6.45, 7) is 0. The number of ether oxygens (including phenoxy) is 2. The Bertz CT molecular complexity index is 2620. The van der Waals surface area contributed by atoms with Gasteiger partial charge in [0.1, 0.15) is 28.7 Å². The summed E-state index contributed by atoms with van der Waals surface area (Å²) in [6.07, 6.45) is 0. The van der Waals surface area contributed by atoms with E-state index < -0.39 is 0 Å². The monoisotopic (exact) mass is 674 g/mol. The Morgan fingerprint density at radius 2 is 0.904 bits per heavy atom. The minimum atomic E-state index is -0.0638. The Morgan fingerprint density at radius 1 is 0.423 bits per heavy atom. The van der Waals surface area contributed by atoms with E-state index in [-0.39, 0.29) is 22.9 Å². The lowest BCUT2D eigenvalue weighted by atomic mass is 9.96. The maximum atomic E-state index is 10.2. The molecule has 0 unspecified atom stereocenters. The van der Waals surface area contributed by atoms with Gasteiger partial charge >= 0.3 is 0 Å². The molecule has 0 aliphatic heterocycles. The van der Waals surface area contributed by atoms with Gasteiger partial charge in [0.05, 0.1) is 16.9 Å². The van der Waals surface area contributed by atoms with E-state index in [1.165, 1.54) is 12.1 Å². The molecule has 7 rings (SSSR count). The largest absolute Gasteiger partial charge is 0.506 e. The summed E-state index contributed by atoms with van der Waals surface area (Å²) in [6, 6.07) is 44.0. The van der Waals surface area contributed by atoms with Crippen LogP contribution in [0.15, 0.2) is 146 Å². The lowest BCUT2D eigenvalue weighted by Crippen LogP contribution is -1.98. The number of phenols is 2. The second-order valence-electron chi connectivity index (χ2n) is 11.7. The zero-order valence-corrected chi connectivity index (χ0v) is 27.7. The molecule has 6 N–H and O–H groups in total. The zero-order chi connectivity index (χ0) is 35.9. The third-order valence-corrected chi connectivity index (χ3v) is 7.96. The molecular formula is C46H30N2O4. The van der Waals surface area contributed by atoms with Gasteiger partial charge in [0.25, 0.3) is 0 Å². The van der Waals surface area contributed by atoms with Crippen molar-refractivity contribution in [2.24, 2.45) is 0 Å². The molecule has 7 aromatic rings. The van der Waals surface area contributed by atoms with E-state index >= 15 is 0 Å². The summed E-state index contributed by atoms with van der Waals surface area (Å²) < 4.78 is 13.2. The molecule has 0 fully saturated rings. The highest BCUT2D eigenvalue weighted by atomic mass is 16.5. The van der Waals surface area contributed by atoms with Crippen molar-refractivity contribution in [3.63, 3.8) is 0 Å². The highest BCUT2D eigenvalue weighted by molar-refractivity contribution is 5.98. The van der Waals surface area contributed by atoms with E-state index in [0.717, 1.165) is 16.7 Å². The number of benzene rings is 7. The molecule has 248 valence electrons. The van der Waals surface area contributed by atoms with Crippen LogP contribution in [-0.4, -0.2) is 10.2 Å². The van der Waals surface area contributed by atoms with Crippen LogP contribution in [0, 0.1) is 35.5 Å². The normalized spacial score (nSPS) is 10.2. The van der Waals surface area contributed by atoms with Crippen molar-refractivity contribution in [2.75, 3.05) is 11.5 Å². The number of aromatic hydroxyl groups is 2. The van der Waals surface area contributed by atoms with Crippen LogP contribution in [0.3, 0.4) is 0 Å². The number of hydrogen-bond acceptors (Lipinski definition) is 6. The number of fused-ring (bicyclic) bond motifs is 1. The molecule has 0 radical (unpaired) electrons. The molecule has 0 aromatic heterocycles. The summed E-state index contributed by atoms with van der Waals surface area (Å²) in [5, 5.41) is 21.6. The number of nitrogens with two attached hydrogens (primary N) is 2. The van der Waals surface area contributed by atoms with E-state index in [9.17, 15) is 10.2 Å². The van der Waals surface area contributed by atoms with Crippen molar-refractivity contribution in [1.29, 1.82) is 0 Å². The molecule has 6 nitrogen and oxygen atoms in total. The molecule has 0 aliphatic rings. The van der Waals surface area contributed by atoms with Gasteiger partial charge in [0.2, 0.25) is 0 Å². The molecule has 6 heteroatoms. The van der Waals surface area contributed by atoms with Gasteiger partial charge in [-0.3, -0.25) is 0 Å². The number of nitrogen functional groups attached to an aromatic ring is 2. The van der Waals surface area contributed by atoms with E-state index in [2.05, 4.69) is 35.5 Å². The predicted octanol–water partition coefficient (Wildman–Crippen LogP) is 9.20. The maximum absolute atomic E-state index is 10.2. The quantitative estimate of drug-likeness (QED) is 0.0842. The molecule has 0 heterocycles. The van der Waals surface area contributed by atoms with Gasteiger partial charge in [-0.05, 0) is 78.9 Å². The first-order chi connectivity index (χ1) is 25.4. The second-order valence-corrected chi connectivity index (χ2v) is 11.7. The lowest BCUT2D eigenvalue weighted by molar-refractivity contribution is 0.466. The van der Waals surface area contributed by atoms with Gasteiger partial charge in [-0.1, -0.05) is 90.1 Å². The van der Waals surface area contributed by atoms with E-state index in [4.69, 9.17) is 20.9 Å². The molecule has 7 aromatic carbocycles. The van der Waals surface area contributed by atoms with Crippen molar-refractivity contribution in [3.05, 3.63) is 179 Å². The first kappa shape index (κ1) is 32.8. The van der Waals surface area contributed by atoms with Gasteiger partial charge in [-0.25, -0.2) is 0 Å². The Hall–Kier alpha value is -7.72. The fourth-order valence-corrected chi connectivity index (χ4v) is 5.34. The van der Waals surface area contributed by atoms with Gasteiger partial charge in [-0.2, -0.15) is 0 Å². The summed E-state index contributed by atoms with van der Waals surface area (Å²) in [5.74, 6) is 21.3. The fraction of sp³-hybridized carbons (Fsp3) is 0. The van der Waals surface area contributed by atoms with Crippen LogP contribution in [0.2, 0.25) is 0 Å².